The number of hydrogen-bond donors (Lipinski definition) is 0. The molecule has 0 bridgehead atoms. The van der Waals surface area contributed by atoms with Crippen molar-refractivity contribution >= 4 is 9.84 Å². The second kappa shape index (κ2) is 2.99. The predicted octanol–water partition coefficient (Wildman–Crippen LogP) is -0.241. The smallest absolute Gasteiger partial charge is 0.183 e. The fraction of sp³-hybridized carbons (Fsp3) is 1.00. The third-order valence-electron chi connectivity index (χ3n) is 0.568. The lowest BCUT2D eigenvalue weighted by Crippen LogP contribution is -2.10. The Morgan fingerprint density at radius 3 is 2.00 bits per heavy atom. The summed E-state index contributed by atoms with van der Waals surface area (Å²) in [5.41, 5.74) is 0. The Morgan fingerprint density at radius 2 is 1.88 bits per heavy atom. The molecule has 0 aliphatic rings. The molecule has 3 nitrogen and oxygen atoms in total. The summed E-state index contributed by atoms with van der Waals surface area (Å²) in [7, 11) is -3.60. The first-order valence-electron chi connectivity index (χ1n) is 1.97. The number of alkyl halides is 1. The van der Waals surface area contributed by atoms with Crippen LogP contribution in [0.3, 0.4) is 0 Å². The highest BCUT2D eigenvalue weighted by Crippen LogP contribution is 1.86. The maximum Gasteiger partial charge on any atom is 0.183 e. The SMILES string of the molecule is [O]CS(=O)(=O)CCF. The number of hydrogen-bond acceptors (Lipinski definition) is 2. The summed E-state index contributed by atoms with van der Waals surface area (Å²) in [4.78, 5) is 0. The van der Waals surface area contributed by atoms with Gasteiger partial charge in [0.15, 0.2) is 15.8 Å². The minimum absolute atomic E-state index is 0.642. The predicted molar refractivity (Wildman–Crippen MR) is 25.3 cm³/mol. The van der Waals surface area contributed by atoms with Crippen LogP contribution in [-0.2, 0) is 14.9 Å². The van der Waals surface area contributed by atoms with Gasteiger partial charge in [-0.1, -0.05) is 0 Å². The lowest BCUT2D eigenvalue weighted by atomic mass is 10.9. The van der Waals surface area contributed by atoms with E-state index in [0.717, 1.165) is 0 Å². The van der Waals surface area contributed by atoms with Gasteiger partial charge in [-0.3, -0.25) is 0 Å². The van der Waals surface area contributed by atoms with E-state index in [1.54, 1.807) is 0 Å². The summed E-state index contributed by atoms with van der Waals surface area (Å²) >= 11 is 0. The summed E-state index contributed by atoms with van der Waals surface area (Å²) < 4.78 is 31.3. The van der Waals surface area contributed by atoms with Gasteiger partial charge in [0.1, 0.15) is 6.67 Å². The molecule has 49 valence electrons. The van der Waals surface area contributed by atoms with Gasteiger partial charge in [0, 0.05) is 0 Å². The van der Waals surface area contributed by atoms with Crippen LogP contribution >= 0.6 is 0 Å². The van der Waals surface area contributed by atoms with Crippen molar-refractivity contribution in [3.8, 4) is 0 Å². The zero-order valence-electron chi connectivity index (χ0n) is 4.13. The first kappa shape index (κ1) is 7.84. The van der Waals surface area contributed by atoms with E-state index in [-0.39, 0.29) is 0 Å². The van der Waals surface area contributed by atoms with E-state index in [0.29, 0.717) is 0 Å². The lowest BCUT2D eigenvalue weighted by molar-refractivity contribution is 0.249. The first-order chi connectivity index (χ1) is 3.62. The van der Waals surface area contributed by atoms with Crippen molar-refractivity contribution < 1.29 is 17.9 Å². The van der Waals surface area contributed by atoms with Gasteiger partial charge < -0.3 is 0 Å². The van der Waals surface area contributed by atoms with E-state index >= 15 is 0 Å². The molecule has 0 aliphatic heterocycles. The minimum atomic E-state index is -3.60. The minimum Gasteiger partial charge on any atom is -0.250 e. The highest BCUT2D eigenvalue weighted by molar-refractivity contribution is 7.91. The van der Waals surface area contributed by atoms with Crippen molar-refractivity contribution in [3.63, 3.8) is 0 Å². The average molecular weight is 141 g/mol. The van der Waals surface area contributed by atoms with Gasteiger partial charge in [-0.15, -0.1) is 0 Å². The highest BCUT2D eigenvalue weighted by atomic mass is 32.2. The van der Waals surface area contributed by atoms with Crippen LogP contribution in [0.15, 0.2) is 0 Å². The molecule has 0 aromatic heterocycles. The number of halogens is 1. The molecule has 0 saturated heterocycles. The summed E-state index contributed by atoms with van der Waals surface area (Å²) in [5, 5.41) is 9.59. The Morgan fingerprint density at radius 1 is 1.38 bits per heavy atom. The molecule has 0 aromatic rings. The summed E-state index contributed by atoms with van der Waals surface area (Å²) in [5.74, 6) is -1.85. The molecule has 0 fully saturated rings. The van der Waals surface area contributed by atoms with Gasteiger partial charge >= 0.3 is 0 Å². The van der Waals surface area contributed by atoms with Gasteiger partial charge in [-0.2, -0.15) is 0 Å². The molecular formula is C3H6FO3S. The second-order valence-electron chi connectivity index (χ2n) is 1.25. The highest BCUT2D eigenvalue weighted by Gasteiger charge is 2.07. The molecule has 0 unspecified atom stereocenters. The molecule has 0 saturated carbocycles. The van der Waals surface area contributed by atoms with Crippen molar-refractivity contribution in [3.05, 3.63) is 0 Å². The van der Waals surface area contributed by atoms with Crippen LogP contribution in [0.4, 0.5) is 4.39 Å². The maximum absolute atomic E-state index is 11.2. The van der Waals surface area contributed by atoms with E-state index in [1.807, 2.05) is 0 Å². The molecule has 0 rings (SSSR count). The number of sulfone groups is 1. The van der Waals surface area contributed by atoms with E-state index in [4.69, 9.17) is 0 Å². The maximum atomic E-state index is 11.2. The van der Waals surface area contributed by atoms with Gasteiger partial charge in [-0.05, 0) is 0 Å². The molecular weight excluding hydrogens is 135 g/mol. The van der Waals surface area contributed by atoms with Gasteiger partial charge in [-0.25, -0.2) is 17.9 Å². The molecule has 0 spiro atoms. The third kappa shape index (κ3) is 2.92. The van der Waals surface area contributed by atoms with E-state index < -0.39 is 28.2 Å². The normalized spacial score (nSPS) is 11.8. The van der Waals surface area contributed by atoms with Gasteiger partial charge in [0.05, 0.1) is 5.75 Å². The van der Waals surface area contributed by atoms with Crippen LogP contribution in [0.5, 0.6) is 0 Å². The van der Waals surface area contributed by atoms with Crippen molar-refractivity contribution in [2.75, 3.05) is 18.4 Å². The first-order valence-corrected chi connectivity index (χ1v) is 3.79. The fourth-order valence-corrected chi connectivity index (χ4v) is 0.529. The zero-order chi connectivity index (χ0) is 6.62. The van der Waals surface area contributed by atoms with Crippen LogP contribution in [-0.4, -0.2) is 26.8 Å². The van der Waals surface area contributed by atoms with Crippen molar-refractivity contribution in [2.45, 2.75) is 0 Å². The van der Waals surface area contributed by atoms with Crippen LogP contribution < -0.4 is 0 Å². The zero-order valence-corrected chi connectivity index (χ0v) is 4.95. The molecule has 0 aliphatic carbocycles. The van der Waals surface area contributed by atoms with Crippen LogP contribution in [0.2, 0.25) is 0 Å². The summed E-state index contributed by atoms with van der Waals surface area (Å²) in [6, 6.07) is 0. The monoisotopic (exact) mass is 141 g/mol. The van der Waals surface area contributed by atoms with Crippen molar-refractivity contribution in [1.82, 2.24) is 0 Å². The molecule has 0 heterocycles. The van der Waals surface area contributed by atoms with E-state index in [1.165, 1.54) is 0 Å². The molecule has 0 N–H and O–H groups in total. The quantitative estimate of drug-likeness (QED) is 0.544. The molecule has 0 atom stereocenters. The largest absolute Gasteiger partial charge is 0.250 e. The summed E-state index contributed by atoms with van der Waals surface area (Å²) in [6.45, 7) is -0.968. The molecule has 5 heteroatoms. The fourth-order valence-electron chi connectivity index (χ4n) is 0.176. The topological polar surface area (TPSA) is 54.0 Å². The average Bonchev–Trinajstić information content (AvgIpc) is 1.67. The Bertz CT molecular complexity index is 139. The Kier molecular flexibility index (Phi) is 2.93. The van der Waals surface area contributed by atoms with Crippen LogP contribution in [0, 0.1) is 0 Å². The van der Waals surface area contributed by atoms with E-state index in [9.17, 15) is 17.9 Å². The van der Waals surface area contributed by atoms with Crippen molar-refractivity contribution in [2.24, 2.45) is 0 Å². The Balaban J connectivity index is 3.76. The Labute approximate surface area is 47.1 Å². The van der Waals surface area contributed by atoms with Crippen molar-refractivity contribution in [1.29, 1.82) is 0 Å². The third-order valence-corrected chi connectivity index (χ3v) is 1.70. The molecule has 0 aromatic carbocycles. The number of rotatable bonds is 3. The van der Waals surface area contributed by atoms with Crippen LogP contribution in [0.25, 0.3) is 0 Å². The van der Waals surface area contributed by atoms with Crippen LogP contribution in [0.1, 0.15) is 0 Å². The molecule has 1 radical (unpaired) electrons. The Hall–Kier alpha value is -0.160. The lowest BCUT2D eigenvalue weighted by Gasteiger charge is -1.89. The standard InChI is InChI=1S/C3H6FO3S/c4-1-2-8(6,7)3-5/h1-3H2. The van der Waals surface area contributed by atoms with Gasteiger partial charge in [0.2, 0.25) is 0 Å². The van der Waals surface area contributed by atoms with Gasteiger partial charge in [0.25, 0.3) is 0 Å². The van der Waals surface area contributed by atoms with E-state index in [2.05, 4.69) is 0 Å². The molecule has 0 amide bonds. The molecule has 8 heavy (non-hydrogen) atoms. The summed E-state index contributed by atoms with van der Waals surface area (Å²) in [6.07, 6.45) is 0. The second-order valence-corrected chi connectivity index (χ2v) is 3.39.